The minimum Gasteiger partial charge on any atom is -0.326 e. The van der Waals surface area contributed by atoms with Crippen LogP contribution in [-0.4, -0.2) is 17.7 Å². The lowest BCUT2D eigenvalue weighted by molar-refractivity contribution is -0.132. The predicted octanol–water partition coefficient (Wildman–Crippen LogP) is 2.78. The quantitative estimate of drug-likeness (QED) is 0.755. The van der Waals surface area contributed by atoms with Gasteiger partial charge in [-0.2, -0.15) is 0 Å². The molecule has 3 N–H and O–H groups in total. The van der Waals surface area contributed by atoms with Crippen molar-refractivity contribution in [1.29, 1.82) is 0 Å². The maximum Gasteiger partial charge on any atom is 0.314 e. The van der Waals surface area contributed by atoms with E-state index in [1.807, 2.05) is 19.1 Å². The van der Waals surface area contributed by atoms with Gasteiger partial charge >= 0.3 is 11.8 Å². The van der Waals surface area contributed by atoms with Crippen LogP contribution in [0.4, 0.5) is 17.1 Å². The fourth-order valence-electron chi connectivity index (χ4n) is 2.08. The highest BCUT2D eigenvalue weighted by Gasteiger charge is 2.14. The van der Waals surface area contributed by atoms with Gasteiger partial charge in [-0.1, -0.05) is 25.1 Å². The Bertz CT molecular complexity index is 754. The Balaban J connectivity index is 1.98. The minimum absolute atomic E-state index is 0.216. The zero-order chi connectivity index (χ0) is 17.5. The van der Waals surface area contributed by atoms with Gasteiger partial charge in [0.25, 0.3) is 0 Å². The summed E-state index contributed by atoms with van der Waals surface area (Å²) in [6.45, 7) is 3.43. The van der Waals surface area contributed by atoms with Crippen molar-refractivity contribution >= 4 is 34.8 Å². The van der Waals surface area contributed by atoms with Crippen LogP contribution in [0.3, 0.4) is 0 Å². The largest absolute Gasteiger partial charge is 0.326 e. The van der Waals surface area contributed by atoms with Crippen molar-refractivity contribution in [2.24, 2.45) is 0 Å². The number of carbonyl (C=O) groups is 3. The summed E-state index contributed by atoms with van der Waals surface area (Å²) < 4.78 is 0. The molecular formula is C18H19N3O3. The molecule has 6 nitrogen and oxygen atoms in total. The first-order chi connectivity index (χ1) is 11.5. The van der Waals surface area contributed by atoms with Gasteiger partial charge in [0.2, 0.25) is 5.91 Å². The molecule has 0 unspecified atom stereocenters. The molecule has 0 spiro atoms. The molecule has 6 heteroatoms. The Kier molecular flexibility index (Phi) is 5.68. The van der Waals surface area contributed by atoms with Gasteiger partial charge in [-0.3, -0.25) is 14.4 Å². The third-order valence-corrected chi connectivity index (χ3v) is 3.27. The SMILES string of the molecule is CCc1ccc(NC(=O)C(=O)Nc2cccc(NC(C)=O)c2)cc1. The van der Waals surface area contributed by atoms with E-state index in [0.717, 1.165) is 12.0 Å². The first kappa shape index (κ1) is 17.2. The summed E-state index contributed by atoms with van der Waals surface area (Å²) in [5.74, 6) is -1.76. The molecule has 0 atom stereocenters. The number of hydrogen-bond donors (Lipinski definition) is 3. The molecule has 0 aliphatic carbocycles. The Morgan fingerprint density at radius 2 is 1.33 bits per heavy atom. The lowest BCUT2D eigenvalue weighted by Crippen LogP contribution is -2.29. The highest BCUT2D eigenvalue weighted by atomic mass is 16.2. The van der Waals surface area contributed by atoms with E-state index in [1.165, 1.54) is 6.92 Å². The van der Waals surface area contributed by atoms with Crippen molar-refractivity contribution in [3.63, 3.8) is 0 Å². The number of rotatable bonds is 4. The van der Waals surface area contributed by atoms with Gasteiger partial charge in [0.1, 0.15) is 0 Å². The highest BCUT2D eigenvalue weighted by molar-refractivity contribution is 6.43. The molecule has 124 valence electrons. The van der Waals surface area contributed by atoms with Crippen molar-refractivity contribution in [3.05, 3.63) is 54.1 Å². The molecule has 0 aliphatic heterocycles. The third kappa shape index (κ3) is 4.95. The Morgan fingerprint density at radius 1 is 0.792 bits per heavy atom. The van der Waals surface area contributed by atoms with Crippen LogP contribution in [0.1, 0.15) is 19.4 Å². The van der Waals surface area contributed by atoms with Gasteiger partial charge in [0, 0.05) is 24.0 Å². The second kappa shape index (κ2) is 7.92. The molecule has 0 bridgehead atoms. The Labute approximate surface area is 140 Å². The molecule has 0 saturated heterocycles. The van der Waals surface area contributed by atoms with Crippen LogP contribution in [-0.2, 0) is 20.8 Å². The van der Waals surface area contributed by atoms with Crippen molar-refractivity contribution in [2.75, 3.05) is 16.0 Å². The molecule has 2 rings (SSSR count). The Morgan fingerprint density at radius 3 is 1.88 bits per heavy atom. The molecule has 0 fully saturated rings. The number of anilines is 3. The maximum atomic E-state index is 12.0. The summed E-state index contributed by atoms with van der Waals surface area (Å²) >= 11 is 0. The van der Waals surface area contributed by atoms with E-state index in [-0.39, 0.29) is 5.91 Å². The predicted molar refractivity (Wildman–Crippen MR) is 93.8 cm³/mol. The van der Waals surface area contributed by atoms with Crippen molar-refractivity contribution in [2.45, 2.75) is 20.3 Å². The van der Waals surface area contributed by atoms with Crippen LogP contribution in [0.15, 0.2) is 48.5 Å². The number of benzene rings is 2. The van der Waals surface area contributed by atoms with E-state index in [4.69, 9.17) is 0 Å². The van der Waals surface area contributed by atoms with Gasteiger partial charge in [0.15, 0.2) is 0 Å². The number of nitrogens with one attached hydrogen (secondary N) is 3. The van der Waals surface area contributed by atoms with Gasteiger partial charge in [-0.25, -0.2) is 0 Å². The maximum absolute atomic E-state index is 12.0. The third-order valence-electron chi connectivity index (χ3n) is 3.27. The zero-order valence-electron chi connectivity index (χ0n) is 13.6. The molecule has 0 aromatic heterocycles. The summed E-state index contributed by atoms with van der Waals surface area (Å²) in [6, 6.07) is 13.8. The Hall–Kier alpha value is -3.15. The lowest BCUT2D eigenvalue weighted by Gasteiger charge is -2.08. The second-order valence-electron chi connectivity index (χ2n) is 5.22. The fourth-order valence-corrected chi connectivity index (χ4v) is 2.08. The van der Waals surface area contributed by atoms with Crippen LogP contribution in [0.25, 0.3) is 0 Å². The van der Waals surface area contributed by atoms with Gasteiger partial charge in [-0.05, 0) is 42.3 Å². The standard InChI is InChI=1S/C18H19N3O3/c1-3-13-7-9-14(10-8-13)20-17(23)18(24)21-16-6-4-5-15(11-16)19-12(2)22/h4-11H,3H2,1-2H3,(H,19,22)(H,20,23)(H,21,24). The van der Waals surface area contributed by atoms with Crippen LogP contribution in [0, 0.1) is 0 Å². The topological polar surface area (TPSA) is 87.3 Å². The van der Waals surface area contributed by atoms with Gasteiger partial charge in [0.05, 0.1) is 0 Å². The average molecular weight is 325 g/mol. The number of hydrogen-bond acceptors (Lipinski definition) is 3. The normalized spacial score (nSPS) is 9.92. The van der Waals surface area contributed by atoms with Crippen LogP contribution < -0.4 is 16.0 Å². The minimum atomic E-state index is -0.783. The van der Waals surface area contributed by atoms with Crippen LogP contribution in [0.5, 0.6) is 0 Å². The monoisotopic (exact) mass is 325 g/mol. The molecular weight excluding hydrogens is 306 g/mol. The second-order valence-corrected chi connectivity index (χ2v) is 5.22. The molecule has 24 heavy (non-hydrogen) atoms. The van der Waals surface area contributed by atoms with Crippen LogP contribution in [0.2, 0.25) is 0 Å². The van der Waals surface area contributed by atoms with Gasteiger partial charge in [-0.15, -0.1) is 0 Å². The summed E-state index contributed by atoms with van der Waals surface area (Å²) in [4.78, 5) is 34.9. The highest BCUT2D eigenvalue weighted by Crippen LogP contribution is 2.15. The average Bonchev–Trinajstić information content (AvgIpc) is 2.55. The van der Waals surface area contributed by atoms with Gasteiger partial charge < -0.3 is 16.0 Å². The molecule has 0 radical (unpaired) electrons. The summed E-state index contributed by atoms with van der Waals surface area (Å²) in [7, 11) is 0. The van der Waals surface area contributed by atoms with E-state index >= 15 is 0 Å². The number of aryl methyl sites for hydroxylation is 1. The summed E-state index contributed by atoms with van der Waals surface area (Å²) in [6.07, 6.45) is 0.902. The van der Waals surface area contributed by atoms with E-state index in [2.05, 4.69) is 16.0 Å². The zero-order valence-corrected chi connectivity index (χ0v) is 13.6. The van der Waals surface area contributed by atoms with Crippen molar-refractivity contribution in [1.82, 2.24) is 0 Å². The molecule has 0 aliphatic rings. The molecule has 0 heterocycles. The number of amides is 3. The lowest BCUT2D eigenvalue weighted by atomic mass is 10.1. The van der Waals surface area contributed by atoms with Crippen molar-refractivity contribution < 1.29 is 14.4 Å². The molecule has 0 saturated carbocycles. The van der Waals surface area contributed by atoms with E-state index in [9.17, 15) is 14.4 Å². The summed E-state index contributed by atoms with van der Waals surface area (Å²) in [5, 5.41) is 7.64. The van der Waals surface area contributed by atoms with Crippen LogP contribution >= 0.6 is 0 Å². The fraction of sp³-hybridized carbons (Fsp3) is 0.167. The van der Waals surface area contributed by atoms with Crippen molar-refractivity contribution in [3.8, 4) is 0 Å². The first-order valence-corrected chi connectivity index (χ1v) is 7.57. The molecule has 2 aromatic carbocycles. The summed E-state index contributed by atoms with van der Waals surface area (Å²) in [5.41, 5.74) is 2.66. The van der Waals surface area contributed by atoms with E-state index < -0.39 is 11.8 Å². The molecule has 2 aromatic rings. The number of carbonyl (C=O) groups excluding carboxylic acids is 3. The first-order valence-electron chi connectivity index (χ1n) is 7.57. The van der Waals surface area contributed by atoms with E-state index in [1.54, 1.807) is 36.4 Å². The molecule has 3 amide bonds. The van der Waals surface area contributed by atoms with E-state index in [0.29, 0.717) is 17.1 Å². The smallest absolute Gasteiger partial charge is 0.314 e.